The van der Waals surface area contributed by atoms with Crippen LogP contribution < -0.4 is 16.0 Å². The van der Waals surface area contributed by atoms with Gasteiger partial charge in [0.05, 0.1) is 10.5 Å². The van der Waals surface area contributed by atoms with Crippen LogP contribution in [0.1, 0.15) is 32.4 Å². The summed E-state index contributed by atoms with van der Waals surface area (Å²) in [5.41, 5.74) is 9.13. The van der Waals surface area contributed by atoms with Crippen LogP contribution in [0.2, 0.25) is 0 Å². The number of nitrogens with one attached hydrogen (secondary N) is 1. The maximum absolute atomic E-state index is 12.3. The third-order valence-electron chi connectivity index (χ3n) is 5.79. The van der Waals surface area contributed by atoms with E-state index in [0.29, 0.717) is 28.6 Å². The molecule has 4 rings (SSSR count). The van der Waals surface area contributed by atoms with E-state index in [1.165, 1.54) is 12.1 Å². The van der Waals surface area contributed by atoms with Gasteiger partial charge in [0.1, 0.15) is 6.04 Å². The molecule has 0 saturated carbocycles. The lowest BCUT2D eigenvalue weighted by Crippen LogP contribution is -2.31. The number of nitro benzene ring substituents is 1. The molecular formula is C23H25N7O3. The standard InChI is InChI=1S/C23H25N7O3/c1-4-28(5-2)17-10-8-16(9-11-17)22-26-23-25-14(3)19(21(24)31)20(29(23)27-22)15-6-12-18(13-7-15)30(32)33/h6-13,20H,4-5H2,1-3H3,(H2,24,31)(H,25,26,27). The van der Waals surface area contributed by atoms with Crippen molar-refractivity contribution in [3.05, 3.63) is 75.5 Å². The third kappa shape index (κ3) is 4.02. The Morgan fingerprint density at radius 3 is 2.33 bits per heavy atom. The molecule has 1 aromatic heterocycles. The fourth-order valence-corrected chi connectivity index (χ4v) is 4.09. The Bertz CT molecular complexity index is 1230. The van der Waals surface area contributed by atoms with Crippen molar-refractivity contribution in [2.45, 2.75) is 26.8 Å². The second-order valence-corrected chi connectivity index (χ2v) is 7.70. The quantitative estimate of drug-likeness (QED) is 0.418. The van der Waals surface area contributed by atoms with Crippen LogP contribution in [0.3, 0.4) is 0 Å². The second-order valence-electron chi connectivity index (χ2n) is 7.70. The predicted octanol–water partition coefficient (Wildman–Crippen LogP) is 3.47. The van der Waals surface area contributed by atoms with Gasteiger partial charge < -0.3 is 16.0 Å². The van der Waals surface area contributed by atoms with Gasteiger partial charge in [0.25, 0.3) is 5.69 Å². The number of anilines is 2. The highest BCUT2D eigenvalue weighted by atomic mass is 16.6. The van der Waals surface area contributed by atoms with E-state index in [0.717, 1.165) is 24.3 Å². The van der Waals surface area contributed by atoms with Crippen molar-refractivity contribution in [2.75, 3.05) is 23.3 Å². The number of benzene rings is 2. The van der Waals surface area contributed by atoms with Crippen molar-refractivity contribution in [3.8, 4) is 11.4 Å². The molecule has 0 aliphatic carbocycles. The minimum atomic E-state index is -0.657. The second kappa shape index (κ2) is 8.73. The molecule has 3 N–H and O–H groups in total. The number of fused-ring (bicyclic) bond motifs is 1. The SMILES string of the molecule is CCN(CC)c1ccc(-c2nc3n(n2)C(c2ccc([N+](=O)[O-])cc2)C(C(N)=O)=C(C)N3)cc1. The maximum atomic E-state index is 12.3. The lowest BCUT2D eigenvalue weighted by atomic mass is 9.95. The summed E-state index contributed by atoms with van der Waals surface area (Å²) < 4.78 is 1.60. The molecule has 0 bridgehead atoms. The molecule has 0 spiro atoms. The van der Waals surface area contributed by atoms with Crippen LogP contribution >= 0.6 is 0 Å². The molecule has 2 heterocycles. The highest BCUT2D eigenvalue weighted by molar-refractivity contribution is 5.95. The van der Waals surface area contributed by atoms with E-state index in [9.17, 15) is 14.9 Å². The number of allylic oxidation sites excluding steroid dienone is 1. The first-order valence-corrected chi connectivity index (χ1v) is 10.7. The van der Waals surface area contributed by atoms with Gasteiger partial charge in [-0.15, -0.1) is 5.10 Å². The van der Waals surface area contributed by atoms with Crippen molar-refractivity contribution in [1.29, 1.82) is 0 Å². The maximum Gasteiger partial charge on any atom is 0.269 e. The van der Waals surface area contributed by atoms with Crippen molar-refractivity contribution in [2.24, 2.45) is 5.73 Å². The van der Waals surface area contributed by atoms with E-state index >= 15 is 0 Å². The van der Waals surface area contributed by atoms with Gasteiger partial charge in [0.15, 0.2) is 5.82 Å². The zero-order chi connectivity index (χ0) is 23.7. The number of rotatable bonds is 7. The first-order valence-electron chi connectivity index (χ1n) is 10.7. The fraction of sp³-hybridized carbons (Fsp3) is 0.261. The number of nitro groups is 1. The Morgan fingerprint density at radius 1 is 1.15 bits per heavy atom. The van der Waals surface area contributed by atoms with Gasteiger partial charge >= 0.3 is 0 Å². The van der Waals surface area contributed by atoms with Crippen molar-refractivity contribution in [3.63, 3.8) is 0 Å². The van der Waals surface area contributed by atoms with E-state index in [4.69, 9.17) is 5.73 Å². The first-order chi connectivity index (χ1) is 15.8. The number of carbonyl (C=O) groups excluding carboxylic acids is 1. The monoisotopic (exact) mass is 447 g/mol. The lowest BCUT2D eigenvalue weighted by molar-refractivity contribution is -0.384. The number of hydrogen-bond acceptors (Lipinski definition) is 7. The molecule has 1 atom stereocenters. The molecule has 10 nitrogen and oxygen atoms in total. The van der Waals surface area contributed by atoms with Crippen LogP contribution in [-0.4, -0.2) is 38.7 Å². The summed E-state index contributed by atoms with van der Waals surface area (Å²) >= 11 is 0. The Kier molecular flexibility index (Phi) is 5.82. The minimum absolute atomic E-state index is 0.0400. The molecule has 1 amide bonds. The minimum Gasteiger partial charge on any atom is -0.372 e. The summed E-state index contributed by atoms with van der Waals surface area (Å²) in [6, 6.07) is 13.3. The third-order valence-corrected chi connectivity index (χ3v) is 5.79. The van der Waals surface area contributed by atoms with Gasteiger partial charge in [0, 0.05) is 42.2 Å². The van der Waals surface area contributed by atoms with Gasteiger partial charge in [-0.2, -0.15) is 4.98 Å². The van der Waals surface area contributed by atoms with Crippen LogP contribution in [0.15, 0.2) is 59.8 Å². The van der Waals surface area contributed by atoms with E-state index in [1.54, 1.807) is 23.7 Å². The average molecular weight is 447 g/mol. The van der Waals surface area contributed by atoms with Crippen LogP contribution in [0, 0.1) is 10.1 Å². The average Bonchev–Trinajstić information content (AvgIpc) is 3.23. The number of nitrogens with two attached hydrogens (primary N) is 1. The number of hydrogen-bond donors (Lipinski definition) is 2. The summed E-state index contributed by atoms with van der Waals surface area (Å²) in [5.74, 6) is 0.354. The molecule has 1 aliphatic rings. The fourth-order valence-electron chi connectivity index (χ4n) is 4.09. The molecule has 10 heteroatoms. The highest BCUT2D eigenvalue weighted by Crippen LogP contribution is 2.36. The van der Waals surface area contributed by atoms with Crippen molar-refractivity contribution in [1.82, 2.24) is 14.8 Å². The van der Waals surface area contributed by atoms with Crippen LogP contribution in [0.25, 0.3) is 11.4 Å². The predicted molar refractivity (Wildman–Crippen MR) is 126 cm³/mol. The molecule has 1 aliphatic heterocycles. The number of amides is 1. The number of nitrogens with zero attached hydrogens (tertiary/aromatic N) is 5. The summed E-state index contributed by atoms with van der Waals surface area (Å²) in [4.78, 5) is 29.8. The Labute approximate surface area is 190 Å². The zero-order valence-electron chi connectivity index (χ0n) is 18.6. The van der Waals surface area contributed by atoms with Gasteiger partial charge in [-0.25, -0.2) is 4.68 Å². The zero-order valence-corrected chi connectivity index (χ0v) is 18.6. The van der Waals surface area contributed by atoms with Crippen molar-refractivity contribution >= 4 is 23.2 Å². The molecule has 3 aromatic rings. The number of carbonyl (C=O) groups is 1. The summed E-state index contributed by atoms with van der Waals surface area (Å²) in [5, 5.41) is 18.8. The summed E-state index contributed by atoms with van der Waals surface area (Å²) in [6.45, 7) is 7.79. The molecule has 0 saturated heterocycles. The molecule has 33 heavy (non-hydrogen) atoms. The van der Waals surface area contributed by atoms with E-state index < -0.39 is 16.9 Å². The topological polar surface area (TPSA) is 132 Å². The highest BCUT2D eigenvalue weighted by Gasteiger charge is 2.33. The van der Waals surface area contributed by atoms with Crippen LogP contribution in [0.4, 0.5) is 17.3 Å². The largest absolute Gasteiger partial charge is 0.372 e. The molecular weight excluding hydrogens is 422 g/mol. The Hall–Kier alpha value is -4.21. The number of primary amides is 1. The molecule has 0 fully saturated rings. The Balaban J connectivity index is 1.76. The normalized spacial score (nSPS) is 15.1. The van der Waals surface area contributed by atoms with Gasteiger partial charge in [-0.1, -0.05) is 0 Å². The van der Waals surface area contributed by atoms with Crippen LogP contribution in [0.5, 0.6) is 0 Å². The lowest BCUT2D eigenvalue weighted by Gasteiger charge is -2.27. The molecule has 2 aromatic carbocycles. The summed E-state index contributed by atoms with van der Waals surface area (Å²) in [7, 11) is 0. The van der Waals surface area contributed by atoms with Gasteiger partial charge in [-0.3, -0.25) is 14.9 Å². The van der Waals surface area contributed by atoms with E-state index in [2.05, 4.69) is 34.1 Å². The van der Waals surface area contributed by atoms with E-state index in [-0.39, 0.29) is 5.69 Å². The first kappa shape index (κ1) is 22.0. The molecule has 1 unspecified atom stereocenters. The Morgan fingerprint density at radius 2 is 1.79 bits per heavy atom. The molecule has 0 radical (unpaired) electrons. The van der Waals surface area contributed by atoms with E-state index in [1.807, 2.05) is 24.3 Å². The van der Waals surface area contributed by atoms with Crippen LogP contribution in [-0.2, 0) is 4.79 Å². The number of aromatic nitrogens is 3. The van der Waals surface area contributed by atoms with Crippen molar-refractivity contribution < 1.29 is 9.72 Å². The smallest absolute Gasteiger partial charge is 0.269 e. The van der Waals surface area contributed by atoms with Gasteiger partial charge in [-0.05, 0) is 62.7 Å². The number of non-ortho nitro benzene ring substituents is 1. The van der Waals surface area contributed by atoms with Gasteiger partial charge in [0.2, 0.25) is 11.9 Å². The summed E-state index contributed by atoms with van der Waals surface area (Å²) in [6.07, 6.45) is 0. The molecule has 170 valence electrons.